The predicted molar refractivity (Wildman–Crippen MR) is 288 cm³/mol. The number of H-pyrrole nitrogens is 1. The fraction of sp³-hybridized carbons (Fsp3) is 0.295. The molecule has 0 radical (unpaired) electrons. The maximum atomic E-state index is 15.3. The first kappa shape index (κ1) is 51.9. The van der Waals surface area contributed by atoms with Gasteiger partial charge in [0.1, 0.15) is 23.7 Å². The van der Waals surface area contributed by atoms with E-state index in [9.17, 15) is 9.18 Å². The lowest BCUT2D eigenvalue weighted by Crippen LogP contribution is -2.23. The summed E-state index contributed by atoms with van der Waals surface area (Å²) in [6.45, 7) is 11.9. The van der Waals surface area contributed by atoms with Crippen molar-refractivity contribution >= 4 is 50.1 Å². The zero-order valence-electron chi connectivity index (χ0n) is 42.4. The Morgan fingerprint density at radius 1 is 0.699 bits per heavy atom. The van der Waals surface area contributed by atoms with Crippen LogP contribution in [0.25, 0.3) is 44.1 Å². The van der Waals surface area contributed by atoms with Crippen LogP contribution >= 0.6 is 0 Å². The molecular weight excluding hydrogens is 921 g/mol. The summed E-state index contributed by atoms with van der Waals surface area (Å²) in [7, 11) is 0. The molecule has 3 N–H and O–H groups in total. The first-order chi connectivity index (χ1) is 35.4. The Hall–Kier alpha value is -7.41. The third-order valence-corrected chi connectivity index (χ3v) is 12.6. The van der Waals surface area contributed by atoms with E-state index in [0.717, 1.165) is 99.2 Å². The Morgan fingerprint density at radius 2 is 1.25 bits per heavy atom. The molecule has 0 bridgehead atoms. The standard InChI is InChI=1S/C36H41FN2O4.C25H24FN3O/c1-5-29(25-12-7-6-8-13-25)34(26-16-19-28(20-17-26)41-23-11-15-33(40)43-36(2,3)4)27-18-21-31-30(24-27)35(37)38-39(31)32-14-9-10-22-42-32;1-2-21(17-6-4-3-5-7-17)24(18-8-11-20(12-9-18)30-15-14-27)19-10-13-23-22(16-19)25(26)29-28-23/h6-8,12-13,16-21,24,32H,5,9-11,14-15,22-23H2,1-4H3;3-13,16H,2,14-15,27H2,1H3,(H,28,29)/b34-29+;24-21+. The van der Waals surface area contributed by atoms with Crippen molar-refractivity contribution < 1.29 is 32.5 Å². The molecule has 1 atom stereocenters. The third kappa shape index (κ3) is 13.0. The van der Waals surface area contributed by atoms with Crippen molar-refractivity contribution in [1.82, 2.24) is 20.0 Å². The van der Waals surface area contributed by atoms with Crippen LogP contribution in [0.5, 0.6) is 11.5 Å². The normalized spacial score (nSPS) is 14.5. The maximum absolute atomic E-state index is 15.3. The predicted octanol–water partition coefficient (Wildman–Crippen LogP) is 14.2. The summed E-state index contributed by atoms with van der Waals surface area (Å²) >= 11 is 0. The van der Waals surface area contributed by atoms with Gasteiger partial charge in [0.15, 0.2) is 6.23 Å². The van der Waals surface area contributed by atoms with Gasteiger partial charge in [-0.1, -0.05) is 111 Å². The maximum Gasteiger partial charge on any atom is 0.306 e. The molecule has 0 aliphatic carbocycles. The molecule has 1 aliphatic heterocycles. The van der Waals surface area contributed by atoms with E-state index in [4.69, 9.17) is 24.7 Å². The summed E-state index contributed by atoms with van der Waals surface area (Å²) < 4.78 is 54.1. The molecule has 3 heterocycles. The van der Waals surface area contributed by atoms with E-state index in [1.807, 2.05) is 136 Å². The number of nitrogens with two attached hydrogens (primary N) is 1. The van der Waals surface area contributed by atoms with Crippen LogP contribution in [-0.2, 0) is 14.3 Å². The zero-order valence-corrected chi connectivity index (χ0v) is 42.4. The number of carbonyl (C=O) groups excluding carboxylic acids is 1. The van der Waals surface area contributed by atoms with Gasteiger partial charge in [0.25, 0.3) is 0 Å². The minimum absolute atomic E-state index is 0.223. The van der Waals surface area contributed by atoms with E-state index >= 15 is 4.39 Å². The van der Waals surface area contributed by atoms with E-state index in [2.05, 4.69) is 59.5 Å². The highest BCUT2D eigenvalue weighted by Crippen LogP contribution is 2.39. The third-order valence-electron chi connectivity index (χ3n) is 12.6. The van der Waals surface area contributed by atoms with Crippen molar-refractivity contribution in [2.24, 2.45) is 5.73 Å². The largest absolute Gasteiger partial charge is 0.494 e. The number of carbonyl (C=O) groups is 1. The second-order valence-corrected chi connectivity index (χ2v) is 18.9. The minimum atomic E-state index is -0.489. The molecule has 1 unspecified atom stereocenters. The molecule has 9 rings (SSSR count). The average molecular weight is 986 g/mol. The van der Waals surface area contributed by atoms with Gasteiger partial charge in [0.2, 0.25) is 11.9 Å². The van der Waals surface area contributed by atoms with Crippen LogP contribution in [0.3, 0.4) is 0 Å². The SMILES string of the molecule is CC/C(=C(/c1ccc(OCCCC(=O)OC(C)(C)C)cc1)c1ccc2c(c1)c(F)nn2C1CCCCO1)c1ccccc1.CC/C(=C(/c1ccc(OCCN)cc1)c1ccc2n[nH]c(F)c2c1)c1ccccc1. The summed E-state index contributed by atoms with van der Waals surface area (Å²) in [5.41, 5.74) is 17.0. The number of hydrogen-bond acceptors (Lipinski definition) is 8. The summed E-state index contributed by atoms with van der Waals surface area (Å²) in [6, 6.07) is 48.1. The Morgan fingerprint density at radius 3 is 1.78 bits per heavy atom. The molecule has 73 heavy (non-hydrogen) atoms. The average Bonchev–Trinajstić information content (AvgIpc) is 3.96. The fourth-order valence-electron chi connectivity index (χ4n) is 9.30. The molecule has 378 valence electrons. The number of benzene rings is 6. The van der Waals surface area contributed by atoms with Gasteiger partial charge in [-0.05, 0) is 164 Å². The van der Waals surface area contributed by atoms with Crippen LogP contribution in [-0.4, -0.2) is 57.9 Å². The number of aromatic nitrogens is 4. The van der Waals surface area contributed by atoms with Gasteiger partial charge in [-0.25, -0.2) is 4.68 Å². The van der Waals surface area contributed by atoms with Crippen LogP contribution in [0.4, 0.5) is 8.78 Å². The van der Waals surface area contributed by atoms with E-state index in [1.54, 1.807) is 4.68 Å². The number of nitrogens with one attached hydrogen (secondary N) is 1. The number of aromatic amines is 1. The molecular formula is C61H65F2N5O5. The van der Waals surface area contributed by atoms with Crippen molar-refractivity contribution in [3.8, 4) is 11.5 Å². The lowest BCUT2D eigenvalue weighted by Gasteiger charge is -2.23. The molecule has 6 aromatic carbocycles. The van der Waals surface area contributed by atoms with Gasteiger partial charge in [-0.2, -0.15) is 13.9 Å². The van der Waals surface area contributed by atoms with Crippen molar-refractivity contribution in [2.45, 2.75) is 91.4 Å². The number of esters is 1. The number of halogens is 2. The summed E-state index contributed by atoms with van der Waals surface area (Å²) in [6.07, 6.45) is 5.14. The van der Waals surface area contributed by atoms with Crippen molar-refractivity contribution in [2.75, 3.05) is 26.4 Å². The molecule has 1 saturated heterocycles. The highest BCUT2D eigenvalue weighted by atomic mass is 19.1. The van der Waals surface area contributed by atoms with Crippen LogP contribution in [0.15, 0.2) is 146 Å². The van der Waals surface area contributed by atoms with Gasteiger partial charge in [0.05, 0.1) is 28.4 Å². The Kier molecular flexibility index (Phi) is 17.3. The van der Waals surface area contributed by atoms with Gasteiger partial charge in [-0.3, -0.25) is 9.89 Å². The number of nitrogens with zero attached hydrogens (tertiary/aromatic N) is 3. The summed E-state index contributed by atoms with van der Waals surface area (Å²) in [4.78, 5) is 12.0. The smallest absolute Gasteiger partial charge is 0.306 e. The quantitative estimate of drug-likeness (QED) is 0.0525. The van der Waals surface area contributed by atoms with E-state index in [-0.39, 0.29) is 12.2 Å². The minimum Gasteiger partial charge on any atom is -0.494 e. The second kappa shape index (κ2) is 24.3. The summed E-state index contributed by atoms with van der Waals surface area (Å²) in [5.74, 6) is 0.366. The molecule has 0 saturated carbocycles. The molecule has 1 fully saturated rings. The zero-order chi connectivity index (χ0) is 51.3. The van der Waals surface area contributed by atoms with E-state index < -0.39 is 17.5 Å². The van der Waals surface area contributed by atoms with Crippen LogP contribution < -0.4 is 15.2 Å². The van der Waals surface area contributed by atoms with E-state index in [1.165, 1.54) is 5.57 Å². The Balaban J connectivity index is 0.000000207. The van der Waals surface area contributed by atoms with Crippen molar-refractivity contribution in [3.63, 3.8) is 0 Å². The van der Waals surface area contributed by atoms with Gasteiger partial charge in [0, 0.05) is 19.6 Å². The number of fused-ring (bicyclic) bond motifs is 2. The van der Waals surface area contributed by atoms with E-state index in [0.29, 0.717) is 55.5 Å². The van der Waals surface area contributed by atoms with Crippen molar-refractivity contribution in [3.05, 3.63) is 191 Å². The lowest BCUT2D eigenvalue weighted by atomic mass is 9.88. The Bertz CT molecular complexity index is 3150. The fourth-order valence-corrected chi connectivity index (χ4v) is 9.30. The first-order valence-electron chi connectivity index (χ1n) is 25.3. The highest BCUT2D eigenvalue weighted by molar-refractivity contribution is 6.01. The monoisotopic (exact) mass is 985 g/mol. The number of hydrogen-bond donors (Lipinski definition) is 2. The van der Waals surface area contributed by atoms with Crippen LogP contribution in [0.1, 0.15) is 119 Å². The first-order valence-corrected chi connectivity index (χ1v) is 25.3. The molecule has 0 spiro atoms. The van der Waals surface area contributed by atoms with Gasteiger partial charge < -0.3 is 24.7 Å². The topological polar surface area (TPSA) is 127 Å². The van der Waals surface area contributed by atoms with Crippen LogP contribution in [0.2, 0.25) is 0 Å². The lowest BCUT2D eigenvalue weighted by molar-refractivity contribution is -0.155. The Labute approximate surface area is 426 Å². The number of allylic oxidation sites excluding steroid dienone is 2. The molecule has 12 heteroatoms. The van der Waals surface area contributed by atoms with Crippen LogP contribution in [0, 0.1) is 11.9 Å². The molecule has 2 aromatic heterocycles. The number of rotatable bonds is 17. The van der Waals surface area contributed by atoms with Gasteiger partial charge in [-0.15, -0.1) is 5.10 Å². The van der Waals surface area contributed by atoms with Gasteiger partial charge >= 0.3 is 5.97 Å². The summed E-state index contributed by atoms with van der Waals surface area (Å²) in [5, 5.41) is 11.7. The second-order valence-electron chi connectivity index (χ2n) is 18.9. The highest BCUT2D eigenvalue weighted by Gasteiger charge is 2.23. The molecule has 8 aromatic rings. The molecule has 0 amide bonds. The molecule has 10 nitrogen and oxygen atoms in total. The van der Waals surface area contributed by atoms with Crippen molar-refractivity contribution in [1.29, 1.82) is 0 Å². The molecule has 1 aliphatic rings. The number of ether oxygens (including phenoxy) is 4.